The Labute approximate surface area is 146 Å². The minimum Gasteiger partial charge on any atom is -0.329 e. The van der Waals surface area contributed by atoms with Crippen molar-refractivity contribution in [2.45, 2.75) is 18.9 Å². The van der Waals surface area contributed by atoms with Gasteiger partial charge in [-0.15, -0.1) is 0 Å². The molecule has 4 rings (SSSR count). The first-order valence-corrected chi connectivity index (χ1v) is 8.57. The summed E-state index contributed by atoms with van der Waals surface area (Å²) >= 11 is 0. The number of piperazine rings is 1. The molecule has 2 N–H and O–H groups in total. The van der Waals surface area contributed by atoms with Crippen LogP contribution in [0.4, 0.5) is 5.69 Å². The van der Waals surface area contributed by atoms with Crippen molar-refractivity contribution < 1.29 is 9.59 Å². The molecular weight excluding hydrogens is 316 g/mol. The molecule has 1 atom stereocenters. The second-order valence-electron chi connectivity index (χ2n) is 6.42. The van der Waals surface area contributed by atoms with E-state index in [0.29, 0.717) is 24.9 Å². The van der Waals surface area contributed by atoms with Gasteiger partial charge in [0.2, 0.25) is 5.91 Å². The Hall–Kier alpha value is -2.73. The van der Waals surface area contributed by atoms with Crippen LogP contribution in [0.2, 0.25) is 0 Å². The van der Waals surface area contributed by atoms with Crippen molar-refractivity contribution in [3.8, 4) is 0 Å². The highest BCUT2D eigenvalue weighted by Gasteiger charge is 2.29. The fourth-order valence-corrected chi connectivity index (χ4v) is 3.50. The first-order valence-electron chi connectivity index (χ1n) is 8.57. The second kappa shape index (κ2) is 6.64. The molecule has 1 unspecified atom stereocenters. The molecule has 128 valence electrons. The zero-order chi connectivity index (χ0) is 17.2. The van der Waals surface area contributed by atoms with Crippen LogP contribution in [0.5, 0.6) is 0 Å². The molecule has 2 aliphatic rings. The van der Waals surface area contributed by atoms with Gasteiger partial charge in [0.1, 0.15) is 0 Å². The van der Waals surface area contributed by atoms with Crippen LogP contribution < -0.4 is 10.6 Å². The maximum Gasteiger partial charge on any atom is 0.254 e. The van der Waals surface area contributed by atoms with Gasteiger partial charge in [-0.1, -0.05) is 6.07 Å². The molecular formula is C19H20N4O2. The minimum absolute atomic E-state index is 0.0225. The number of hydrogen-bond acceptors (Lipinski definition) is 4. The number of rotatable bonds is 2. The van der Waals surface area contributed by atoms with Crippen LogP contribution in [0.25, 0.3) is 0 Å². The normalized spacial score (nSPS) is 19.9. The maximum absolute atomic E-state index is 13.1. The molecule has 3 heterocycles. The van der Waals surface area contributed by atoms with Crippen molar-refractivity contribution in [1.29, 1.82) is 0 Å². The molecule has 0 radical (unpaired) electrons. The molecule has 6 heteroatoms. The molecule has 1 saturated heterocycles. The largest absolute Gasteiger partial charge is 0.329 e. The average Bonchev–Trinajstić information content (AvgIpc) is 2.67. The molecule has 0 aliphatic carbocycles. The van der Waals surface area contributed by atoms with Gasteiger partial charge in [-0.25, -0.2) is 0 Å². The van der Waals surface area contributed by atoms with Crippen LogP contribution in [0, 0.1) is 0 Å². The molecule has 1 aromatic heterocycles. The van der Waals surface area contributed by atoms with Crippen LogP contribution in [0.15, 0.2) is 42.7 Å². The van der Waals surface area contributed by atoms with E-state index in [2.05, 4.69) is 15.6 Å². The fourth-order valence-electron chi connectivity index (χ4n) is 3.50. The predicted octanol–water partition coefficient (Wildman–Crippen LogP) is 1.75. The number of aryl methyl sites for hydroxylation is 1. The molecule has 6 nitrogen and oxygen atoms in total. The highest BCUT2D eigenvalue weighted by atomic mass is 16.2. The van der Waals surface area contributed by atoms with E-state index in [0.717, 1.165) is 29.9 Å². The van der Waals surface area contributed by atoms with Crippen molar-refractivity contribution in [2.24, 2.45) is 0 Å². The van der Waals surface area contributed by atoms with Crippen LogP contribution >= 0.6 is 0 Å². The summed E-state index contributed by atoms with van der Waals surface area (Å²) in [4.78, 5) is 30.7. The van der Waals surface area contributed by atoms with E-state index in [-0.39, 0.29) is 17.9 Å². The minimum atomic E-state index is -0.0225. The Balaban J connectivity index is 1.61. The van der Waals surface area contributed by atoms with Crippen LogP contribution in [0.3, 0.4) is 0 Å². The maximum atomic E-state index is 13.1. The van der Waals surface area contributed by atoms with Gasteiger partial charge in [0.15, 0.2) is 0 Å². The molecule has 1 aromatic carbocycles. The zero-order valence-corrected chi connectivity index (χ0v) is 13.9. The fraction of sp³-hybridized carbons (Fsp3) is 0.316. The van der Waals surface area contributed by atoms with Gasteiger partial charge in [0, 0.05) is 49.7 Å². The third-order valence-electron chi connectivity index (χ3n) is 4.82. The van der Waals surface area contributed by atoms with E-state index < -0.39 is 0 Å². The number of pyridine rings is 1. The molecule has 2 aromatic rings. The lowest BCUT2D eigenvalue weighted by Gasteiger charge is -2.36. The molecule has 0 bridgehead atoms. The third-order valence-corrected chi connectivity index (χ3v) is 4.82. The first kappa shape index (κ1) is 15.8. The molecule has 25 heavy (non-hydrogen) atoms. The molecule has 2 aliphatic heterocycles. The lowest BCUT2D eigenvalue weighted by Crippen LogP contribution is -2.48. The molecule has 2 amide bonds. The quantitative estimate of drug-likeness (QED) is 0.876. The smallest absolute Gasteiger partial charge is 0.254 e. The topological polar surface area (TPSA) is 74.3 Å². The van der Waals surface area contributed by atoms with E-state index in [9.17, 15) is 9.59 Å². The van der Waals surface area contributed by atoms with Gasteiger partial charge in [-0.2, -0.15) is 0 Å². The monoisotopic (exact) mass is 336 g/mol. The number of benzene rings is 1. The summed E-state index contributed by atoms with van der Waals surface area (Å²) in [7, 11) is 0. The lowest BCUT2D eigenvalue weighted by atomic mass is 9.98. The van der Waals surface area contributed by atoms with Gasteiger partial charge in [-0.3, -0.25) is 14.6 Å². The number of amides is 2. The second-order valence-corrected chi connectivity index (χ2v) is 6.42. The van der Waals surface area contributed by atoms with Crippen molar-refractivity contribution in [3.63, 3.8) is 0 Å². The van der Waals surface area contributed by atoms with Gasteiger partial charge < -0.3 is 15.5 Å². The van der Waals surface area contributed by atoms with Gasteiger partial charge in [0.05, 0.1) is 6.04 Å². The number of aromatic nitrogens is 1. The van der Waals surface area contributed by atoms with Crippen LogP contribution in [0.1, 0.15) is 33.9 Å². The number of nitrogens with one attached hydrogen (secondary N) is 2. The summed E-state index contributed by atoms with van der Waals surface area (Å²) in [6, 6.07) is 9.43. The number of fused-ring (bicyclic) bond motifs is 1. The summed E-state index contributed by atoms with van der Waals surface area (Å²) in [5.74, 6) is 0.0559. The number of carbonyl (C=O) groups is 2. The number of anilines is 1. The number of nitrogens with zero attached hydrogens (tertiary/aromatic N) is 2. The third kappa shape index (κ3) is 3.13. The standard InChI is InChI=1S/C19H20N4O2/c24-18-6-4-13-10-14(3-5-16(13)22-18)19(25)23-9-8-21-12-17(23)15-2-1-7-20-11-15/h1-3,5,7,10-11,17,21H,4,6,8-9,12H2,(H,22,24). The van der Waals surface area contributed by atoms with E-state index in [4.69, 9.17) is 0 Å². The van der Waals surface area contributed by atoms with E-state index in [1.807, 2.05) is 35.4 Å². The first-order chi connectivity index (χ1) is 12.2. The Morgan fingerprint density at radius 1 is 1.24 bits per heavy atom. The van der Waals surface area contributed by atoms with Crippen molar-refractivity contribution >= 4 is 17.5 Å². The summed E-state index contributed by atoms with van der Waals surface area (Å²) in [5.41, 5.74) is 3.55. The Kier molecular flexibility index (Phi) is 4.19. The van der Waals surface area contributed by atoms with Crippen molar-refractivity contribution in [3.05, 3.63) is 59.4 Å². The summed E-state index contributed by atoms with van der Waals surface area (Å²) < 4.78 is 0. The highest BCUT2D eigenvalue weighted by molar-refractivity contribution is 5.98. The summed E-state index contributed by atoms with van der Waals surface area (Å²) in [6.07, 6.45) is 4.70. The predicted molar refractivity (Wildman–Crippen MR) is 94.3 cm³/mol. The Bertz CT molecular complexity index is 806. The van der Waals surface area contributed by atoms with E-state index >= 15 is 0 Å². The number of carbonyl (C=O) groups excluding carboxylic acids is 2. The number of hydrogen-bond donors (Lipinski definition) is 2. The average molecular weight is 336 g/mol. The van der Waals surface area contributed by atoms with E-state index in [1.54, 1.807) is 12.3 Å². The lowest BCUT2D eigenvalue weighted by molar-refractivity contribution is -0.116. The molecule has 0 saturated carbocycles. The Morgan fingerprint density at radius 2 is 2.16 bits per heavy atom. The van der Waals surface area contributed by atoms with Gasteiger partial charge in [-0.05, 0) is 41.8 Å². The summed E-state index contributed by atoms with van der Waals surface area (Å²) in [5, 5.41) is 6.21. The van der Waals surface area contributed by atoms with Crippen LogP contribution in [-0.4, -0.2) is 41.3 Å². The van der Waals surface area contributed by atoms with Gasteiger partial charge in [0.25, 0.3) is 5.91 Å². The van der Waals surface area contributed by atoms with Crippen molar-refractivity contribution in [2.75, 3.05) is 25.0 Å². The zero-order valence-electron chi connectivity index (χ0n) is 13.9. The molecule has 0 spiro atoms. The van der Waals surface area contributed by atoms with Gasteiger partial charge >= 0.3 is 0 Å². The Morgan fingerprint density at radius 3 is 3.00 bits per heavy atom. The molecule has 1 fully saturated rings. The SMILES string of the molecule is O=C1CCc2cc(C(=O)N3CCNCC3c3cccnc3)ccc2N1. The summed E-state index contributed by atoms with van der Waals surface area (Å²) in [6.45, 7) is 2.16. The van der Waals surface area contributed by atoms with E-state index in [1.165, 1.54) is 0 Å². The highest BCUT2D eigenvalue weighted by Crippen LogP contribution is 2.27. The van der Waals surface area contributed by atoms with Crippen molar-refractivity contribution in [1.82, 2.24) is 15.2 Å². The van der Waals surface area contributed by atoms with Crippen LogP contribution in [-0.2, 0) is 11.2 Å².